The number of unbranched alkanes of at least 4 members (excludes halogenated alkanes) is 28. The van der Waals surface area contributed by atoms with Gasteiger partial charge < -0.3 is 33.8 Å². The van der Waals surface area contributed by atoms with Gasteiger partial charge in [0, 0.05) is 25.7 Å². The van der Waals surface area contributed by atoms with E-state index in [0.717, 1.165) is 108 Å². The molecule has 0 aromatic carbocycles. The summed E-state index contributed by atoms with van der Waals surface area (Å²) in [5.74, 6) is 0.798. The molecule has 0 bridgehead atoms. The third kappa shape index (κ3) is 59.5. The topological polar surface area (TPSA) is 237 Å². The first-order chi connectivity index (χ1) is 40.6. The van der Waals surface area contributed by atoms with E-state index in [4.69, 9.17) is 37.0 Å². The van der Waals surface area contributed by atoms with Crippen LogP contribution in [0.1, 0.15) is 319 Å². The summed E-state index contributed by atoms with van der Waals surface area (Å²) in [6, 6.07) is 0. The SMILES string of the molecule is CCC(C)CCCCCCCCCCC(=O)OC[C@H](COP(=O)(O)OCC(O)COP(=O)(O)OC[C@@H](COC(=O)CCCCCCCCCCC(C)C)OC(=O)CCCCCCCCCC(C)C)OC(=O)CCCCCCCCCCCC(C)C. The Kier molecular flexibility index (Phi) is 54.8. The molecule has 0 spiro atoms. The van der Waals surface area contributed by atoms with E-state index in [2.05, 4.69) is 55.4 Å². The molecule has 0 aromatic rings. The number of carbonyl (C=O) groups is 4. The van der Waals surface area contributed by atoms with Gasteiger partial charge >= 0.3 is 39.5 Å². The van der Waals surface area contributed by atoms with Gasteiger partial charge in [-0.1, -0.05) is 267 Å². The molecule has 0 aromatic heterocycles. The van der Waals surface area contributed by atoms with Crippen molar-refractivity contribution in [2.24, 2.45) is 23.7 Å². The lowest BCUT2D eigenvalue weighted by Gasteiger charge is -2.21. The molecule has 0 fully saturated rings. The molecular formula is C66H128O17P2. The van der Waals surface area contributed by atoms with Crippen molar-refractivity contribution < 1.29 is 80.2 Å². The Morgan fingerprint density at radius 1 is 0.329 bits per heavy atom. The molecule has 0 radical (unpaired) electrons. The fourth-order valence-electron chi connectivity index (χ4n) is 9.75. The molecule has 0 aliphatic carbocycles. The van der Waals surface area contributed by atoms with Crippen molar-refractivity contribution in [2.75, 3.05) is 39.6 Å². The second kappa shape index (κ2) is 56.1. The molecular weight excluding hydrogens is 1130 g/mol. The van der Waals surface area contributed by atoms with Gasteiger partial charge in [0.2, 0.25) is 0 Å². The molecule has 0 amide bonds. The average Bonchev–Trinajstić information content (AvgIpc) is 3.52. The van der Waals surface area contributed by atoms with E-state index in [1.54, 1.807) is 0 Å². The van der Waals surface area contributed by atoms with Crippen molar-refractivity contribution in [3.05, 3.63) is 0 Å². The van der Waals surface area contributed by atoms with Crippen molar-refractivity contribution in [3.63, 3.8) is 0 Å². The van der Waals surface area contributed by atoms with Gasteiger partial charge in [-0.2, -0.15) is 0 Å². The van der Waals surface area contributed by atoms with Crippen LogP contribution in [0, 0.1) is 23.7 Å². The van der Waals surface area contributed by atoms with E-state index in [0.29, 0.717) is 31.6 Å². The minimum Gasteiger partial charge on any atom is -0.462 e. The summed E-state index contributed by atoms with van der Waals surface area (Å²) in [6.07, 6.45) is 36.3. The average molecular weight is 1260 g/mol. The standard InChI is InChI=1S/C66H128O17P2/c1-9-59(8)45-37-29-21-14-16-23-31-39-47-64(69)77-52-61(82-65(70)48-40-32-24-12-10-11-18-26-34-42-56(2)3)54-80-84(72,73)78-50-60(67)51-79-85(74,75)81-55-62(83-66(71)49-41-33-25-17-20-28-36-44-58(6)7)53-76-63(68)46-38-30-22-15-13-19-27-35-43-57(4)5/h56-62,67H,9-55H2,1-8H3,(H,72,73)(H,74,75)/t59?,60?,61-,62-/m1/s1. The third-order valence-electron chi connectivity index (χ3n) is 15.4. The van der Waals surface area contributed by atoms with E-state index in [-0.39, 0.29) is 25.7 Å². The Morgan fingerprint density at radius 2 is 0.565 bits per heavy atom. The van der Waals surface area contributed by atoms with Gasteiger partial charge in [0.1, 0.15) is 19.3 Å². The largest absolute Gasteiger partial charge is 0.472 e. The Bertz CT molecular complexity index is 1700. The molecule has 0 saturated heterocycles. The number of hydrogen-bond acceptors (Lipinski definition) is 15. The normalized spacial score (nSPS) is 14.7. The van der Waals surface area contributed by atoms with Crippen LogP contribution < -0.4 is 0 Å². The minimum absolute atomic E-state index is 0.102. The first-order valence-electron chi connectivity index (χ1n) is 34.2. The molecule has 0 aliphatic rings. The zero-order valence-electron chi connectivity index (χ0n) is 55.2. The Hall–Kier alpha value is -1.94. The van der Waals surface area contributed by atoms with Crippen LogP contribution in [-0.2, 0) is 65.4 Å². The maximum Gasteiger partial charge on any atom is 0.472 e. The van der Waals surface area contributed by atoms with Crippen LogP contribution in [0.15, 0.2) is 0 Å². The Balaban J connectivity index is 5.26. The van der Waals surface area contributed by atoms with Crippen LogP contribution in [0.25, 0.3) is 0 Å². The summed E-state index contributed by atoms with van der Waals surface area (Å²) in [4.78, 5) is 72.3. The van der Waals surface area contributed by atoms with E-state index < -0.39 is 97.5 Å². The van der Waals surface area contributed by atoms with Crippen molar-refractivity contribution in [1.82, 2.24) is 0 Å². The summed E-state index contributed by atoms with van der Waals surface area (Å²) in [5.41, 5.74) is 0. The van der Waals surface area contributed by atoms with Gasteiger partial charge in [0.05, 0.1) is 26.4 Å². The number of phosphoric ester groups is 2. The van der Waals surface area contributed by atoms with E-state index in [1.807, 2.05) is 0 Å². The smallest absolute Gasteiger partial charge is 0.462 e. The zero-order valence-corrected chi connectivity index (χ0v) is 57.0. The second-order valence-corrected chi connectivity index (χ2v) is 28.4. The molecule has 0 heterocycles. The van der Waals surface area contributed by atoms with Gasteiger partial charge in [-0.25, -0.2) is 9.13 Å². The van der Waals surface area contributed by atoms with Crippen LogP contribution in [0.4, 0.5) is 0 Å². The zero-order chi connectivity index (χ0) is 63.2. The fraction of sp³-hybridized carbons (Fsp3) is 0.939. The maximum absolute atomic E-state index is 13.0. The van der Waals surface area contributed by atoms with Gasteiger partial charge in [-0.3, -0.25) is 37.3 Å². The molecule has 0 rings (SSSR count). The summed E-state index contributed by atoms with van der Waals surface area (Å²) < 4.78 is 68.1. The molecule has 3 N–H and O–H groups in total. The van der Waals surface area contributed by atoms with Crippen molar-refractivity contribution in [3.8, 4) is 0 Å². The predicted molar refractivity (Wildman–Crippen MR) is 340 cm³/mol. The van der Waals surface area contributed by atoms with Crippen LogP contribution in [0.3, 0.4) is 0 Å². The highest BCUT2D eigenvalue weighted by atomic mass is 31.2. The molecule has 504 valence electrons. The summed E-state index contributed by atoms with van der Waals surface area (Å²) in [5, 5.41) is 10.6. The highest BCUT2D eigenvalue weighted by molar-refractivity contribution is 7.47. The minimum atomic E-state index is -4.95. The molecule has 17 nitrogen and oxygen atoms in total. The lowest BCUT2D eigenvalue weighted by Crippen LogP contribution is -2.30. The fourth-order valence-corrected chi connectivity index (χ4v) is 11.3. The van der Waals surface area contributed by atoms with Crippen LogP contribution >= 0.6 is 15.6 Å². The van der Waals surface area contributed by atoms with Gasteiger partial charge in [0.25, 0.3) is 0 Å². The van der Waals surface area contributed by atoms with Gasteiger partial charge in [-0.15, -0.1) is 0 Å². The number of carbonyl (C=O) groups excluding carboxylic acids is 4. The Morgan fingerprint density at radius 3 is 0.835 bits per heavy atom. The number of esters is 4. The quantitative estimate of drug-likeness (QED) is 0.0222. The lowest BCUT2D eigenvalue weighted by atomic mass is 9.99. The predicted octanol–water partition coefficient (Wildman–Crippen LogP) is 18.1. The molecule has 0 saturated carbocycles. The monoisotopic (exact) mass is 1250 g/mol. The number of phosphoric acid groups is 2. The number of ether oxygens (including phenoxy) is 4. The maximum atomic E-state index is 13.0. The molecule has 6 atom stereocenters. The van der Waals surface area contributed by atoms with E-state index >= 15 is 0 Å². The van der Waals surface area contributed by atoms with Crippen LogP contribution in [-0.4, -0.2) is 96.7 Å². The second-order valence-electron chi connectivity index (χ2n) is 25.5. The number of rotatable bonds is 63. The highest BCUT2D eigenvalue weighted by Gasteiger charge is 2.30. The summed E-state index contributed by atoms with van der Waals surface area (Å²) in [7, 11) is -9.89. The highest BCUT2D eigenvalue weighted by Crippen LogP contribution is 2.45. The molecule has 85 heavy (non-hydrogen) atoms. The summed E-state index contributed by atoms with van der Waals surface area (Å²) >= 11 is 0. The van der Waals surface area contributed by atoms with Gasteiger partial charge in [-0.05, 0) is 49.4 Å². The Labute approximate surface area is 517 Å². The third-order valence-corrected chi connectivity index (χ3v) is 17.3. The van der Waals surface area contributed by atoms with Crippen molar-refractivity contribution in [1.29, 1.82) is 0 Å². The summed E-state index contributed by atoms with van der Waals surface area (Å²) in [6.45, 7) is 14.0. The first-order valence-corrected chi connectivity index (χ1v) is 37.2. The van der Waals surface area contributed by atoms with E-state index in [9.17, 15) is 43.2 Å². The number of aliphatic hydroxyl groups excluding tert-OH is 1. The number of aliphatic hydroxyl groups is 1. The molecule has 19 heteroatoms. The number of hydrogen-bond donors (Lipinski definition) is 3. The lowest BCUT2D eigenvalue weighted by molar-refractivity contribution is -0.161. The first kappa shape index (κ1) is 83.1. The van der Waals surface area contributed by atoms with E-state index in [1.165, 1.54) is 122 Å². The van der Waals surface area contributed by atoms with Crippen LogP contribution in [0.2, 0.25) is 0 Å². The van der Waals surface area contributed by atoms with Crippen molar-refractivity contribution >= 4 is 39.5 Å². The molecule has 0 aliphatic heterocycles. The molecule has 4 unspecified atom stereocenters. The van der Waals surface area contributed by atoms with Crippen LogP contribution in [0.5, 0.6) is 0 Å². The van der Waals surface area contributed by atoms with Crippen molar-refractivity contribution in [2.45, 2.75) is 337 Å². The van der Waals surface area contributed by atoms with Gasteiger partial charge in [0.15, 0.2) is 12.2 Å².